The lowest BCUT2D eigenvalue weighted by Crippen LogP contribution is -2.61. The number of benzene rings is 1. The van der Waals surface area contributed by atoms with Crippen molar-refractivity contribution in [1.82, 2.24) is 25.2 Å². The van der Waals surface area contributed by atoms with Crippen molar-refractivity contribution in [2.45, 2.75) is 13.0 Å². The number of carbonyl (C=O) groups excluding carboxylic acids is 1. The number of aromatic nitrogens is 3. The zero-order chi connectivity index (χ0) is 19.0. The third-order valence-corrected chi connectivity index (χ3v) is 5.05. The number of amides is 2. The number of pyridine rings is 1. The van der Waals surface area contributed by atoms with Crippen molar-refractivity contribution in [1.29, 1.82) is 0 Å². The highest BCUT2D eigenvalue weighted by Crippen LogP contribution is 2.32. The van der Waals surface area contributed by atoms with Crippen molar-refractivity contribution < 1.29 is 4.79 Å². The molecule has 1 aliphatic rings. The van der Waals surface area contributed by atoms with Crippen LogP contribution in [0.25, 0.3) is 22.4 Å². The number of para-hydroxylation sites is 2. The van der Waals surface area contributed by atoms with Crippen molar-refractivity contribution >= 4 is 34.5 Å². The zero-order valence-electron chi connectivity index (χ0n) is 15.2. The molecule has 1 aliphatic heterocycles. The summed E-state index contributed by atoms with van der Waals surface area (Å²) in [6.45, 7) is 3.94. The van der Waals surface area contributed by atoms with Crippen molar-refractivity contribution in [3.8, 4) is 11.4 Å². The summed E-state index contributed by atoms with van der Waals surface area (Å²) in [4.78, 5) is 22.9. The Bertz CT molecular complexity index is 995. The minimum absolute atomic E-state index is 0.119. The first-order valence-corrected chi connectivity index (χ1v) is 9.31. The highest BCUT2D eigenvalue weighted by atomic mass is 35.5. The van der Waals surface area contributed by atoms with Crippen LogP contribution in [0, 0.1) is 0 Å². The van der Waals surface area contributed by atoms with E-state index in [0.29, 0.717) is 24.7 Å². The number of aryl methyl sites for hydroxylation is 1. The number of nitrogens with one attached hydrogen (secondary N) is 2. The molecule has 2 N–H and O–H groups in total. The Morgan fingerprint density at radius 1 is 1.33 bits per heavy atom. The van der Waals surface area contributed by atoms with Gasteiger partial charge in [0.2, 0.25) is 0 Å². The average molecular weight is 385 g/mol. The molecule has 1 saturated heterocycles. The molecule has 0 aliphatic carbocycles. The number of fused-ring (bicyclic) bond motifs is 1. The van der Waals surface area contributed by atoms with E-state index >= 15 is 0 Å². The fourth-order valence-electron chi connectivity index (χ4n) is 3.31. The number of rotatable bonds is 4. The van der Waals surface area contributed by atoms with Crippen molar-refractivity contribution in [2.75, 3.05) is 24.5 Å². The third kappa shape index (κ3) is 3.30. The Hall–Kier alpha value is -2.80. The lowest BCUT2D eigenvalue weighted by molar-refractivity contribution is 0.234. The summed E-state index contributed by atoms with van der Waals surface area (Å²) in [6, 6.07) is 9.94. The molecular formula is C19H21ClN6O. The van der Waals surface area contributed by atoms with Crippen LogP contribution >= 0.6 is 11.6 Å². The summed E-state index contributed by atoms with van der Waals surface area (Å²) < 4.78 is 2.04. The molecule has 1 aromatic carbocycles. The van der Waals surface area contributed by atoms with E-state index in [-0.39, 0.29) is 12.1 Å². The summed E-state index contributed by atoms with van der Waals surface area (Å²) in [6.07, 6.45) is 1.66. The number of urea groups is 1. The second kappa shape index (κ2) is 7.08. The molecular weight excluding hydrogens is 364 g/mol. The van der Waals surface area contributed by atoms with Gasteiger partial charge in [-0.25, -0.2) is 14.8 Å². The number of halogens is 1. The summed E-state index contributed by atoms with van der Waals surface area (Å²) in [5, 5.41) is 6.25. The van der Waals surface area contributed by atoms with Gasteiger partial charge < -0.3 is 20.1 Å². The van der Waals surface area contributed by atoms with Crippen LogP contribution in [-0.4, -0.2) is 46.2 Å². The molecule has 0 unspecified atom stereocenters. The van der Waals surface area contributed by atoms with E-state index in [1.54, 1.807) is 6.20 Å². The molecule has 2 aromatic heterocycles. The molecule has 4 rings (SSSR count). The van der Waals surface area contributed by atoms with Gasteiger partial charge in [-0.05, 0) is 25.1 Å². The Morgan fingerprint density at radius 2 is 2.11 bits per heavy atom. The van der Waals surface area contributed by atoms with E-state index < -0.39 is 0 Å². The number of hydrogen-bond donors (Lipinski definition) is 2. The standard InChI is InChI=1S/C19H21ClN6O/c1-3-21-19(27)23-12-10-26(11-12)17-8-13(14(20)9-22-17)18-24-15-6-4-5-7-16(15)25(18)2/h4-9,12H,3,10-11H2,1-2H3,(H2,21,23,27). The Labute approximate surface area is 162 Å². The predicted molar refractivity (Wildman–Crippen MR) is 107 cm³/mol. The summed E-state index contributed by atoms with van der Waals surface area (Å²) in [5.41, 5.74) is 2.83. The van der Waals surface area contributed by atoms with E-state index in [1.807, 2.05) is 48.9 Å². The van der Waals surface area contributed by atoms with Gasteiger partial charge in [-0.1, -0.05) is 23.7 Å². The van der Waals surface area contributed by atoms with Crippen LogP contribution in [0.5, 0.6) is 0 Å². The fourth-order valence-corrected chi connectivity index (χ4v) is 3.50. The maximum Gasteiger partial charge on any atom is 0.315 e. The molecule has 27 heavy (non-hydrogen) atoms. The summed E-state index contributed by atoms with van der Waals surface area (Å²) >= 11 is 6.43. The normalized spacial score (nSPS) is 14.3. The molecule has 0 bridgehead atoms. The highest BCUT2D eigenvalue weighted by Gasteiger charge is 2.29. The van der Waals surface area contributed by atoms with Gasteiger partial charge in [-0.3, -0.25) is 0 Å². The Kier molecular flexibility index (Phi) is 4.61. The van der Waals surface area contributed by atoms with Crippen LogP contribution in [0.1, 0.15) is 6.92 Å². The minimum atomic E-state index is -0.133. The smallest absolute Gasteiger partial charge is 0.315 e. The molecule has 0 saturated carbocycles. The van der Waals surface area contributed by atoms with Gasteiger partial charge in [-0.2, -0.15) is 0 Å². The molecule has 3 heterocycles. The maximum atomic E-state index is 11.6. The summed E-state index contributed by atoms with van der Waals surface area (Å²) in [7, 11) is 1.98. The van der Waals surface area contributed by atoms with Gasteiger partial charge in [0.25, 0.3) is 0 Å². The molecule has 1 fully saturated rings. The summed E-state index contributed by atoms with van der Waals surface area (Å²) in [5.74, 6) is 1.64. The van der Waals surface area contributed by atoms with Crippen molar-refractivity contribution in [3.05, 3.63) is 41.6 Å². The van der Waals surface area contributed by atoms with Gasteiger partial charge in [-0.15, -0.1) is 0 Å². The van der Waals surface area contributed by atoms with E-state index in [9.17, 15) is 4.79 Å². The first-order chi connectivity index (χ1) is 13.1. The monoisotopic (exact) mass is 384 g/mol. The quantitative estimate of drug-likeness (QED) is 0.725. The minimum Gasteiger partial charge on any atom is -0.352 e. The predicted octanol–water partition coefficient (Wildman–Crippen LogP) is 2.80. The largest absolute Gasteiger partial charge is 0.352 e. The van der Waals surface area contributed by atoms with Crippen molar-refractivity contribution in [3.63, 3.8) is 0 Å². The fraction of sp³-hybridized carbons (Fsp3) is 0.316. The van der Waals surface area contributed by atoms with Crippen LogP contribution in [-0.2, 0) is 7.05 Å². The topological polar surface area (TPSA) is 75.1 Å². The number of hydrogen-bond acceptors (Lipinski definition) is 4. The van der Waals surface area contributed by atoms with Crippen LogP contribution in [0.2, 0.25) is 5.02 Å². The van der Waals surface area contributed by atoms with Crippen LogP contribution in [0.3, 0.4) is 0 Å². The second-order valence-electron chi connectivity index (χ2n) is 6.61. The molecule has 0 radical (unpaired) electrons. The second-order valence-corrected chi connectivity index (χ2v) is 7.02. The van der Waals surface area contributed by atoms with Crippen molar-refractivity contribution in [2.24, 2.45) is 7.05 Å². The highest BCUT2D eigenvalue weighted by molar-refractivity contribution is 6.33. The maximum absolute atomic E-state index is 11.6. The van der Waals surface area contributed by atoms with Crippen LogP contribution in [0.15, 0.2) is 36.5 Å². The van der Waals surface area contributed by atoms with Crippen LogP contribution in [0.4, 0.5) is 10.6 Å². The molecule has 140 valence electrons. The van der Waals surface area contributed by atoms with E-state index in [4.69, 9.17) is 16.6 Å². The first-order valence-electron chi connectivity index (χ1n) is 8.93. The zero-order valence-corrected chi connectivity index (χ0v) is 16.0. The third-order valence-electron chi connectivity index (χ3n) is 4.75. The Balaban J connectivity index is 1.56. The van der Waals surface area contributed by atoms with Gasteiger partial charge in [0, 0.05) is 38.4 Å². The van der Waals surface area contributed by atoms with Gasteiger partial charge in [0.1, 0.15) is 11.6 Å². The molecule has 0 spiro atoms. The number of imidazole rings is 1. The molecule has 3 aromatic rings. The number of nitrogens with zero attached hydrogens (tertiary/aromatic N) is 4. The SMILES string of the molecule is CCNC(=O)NC1CN(c2cc(-c3nc4ccccc4n3C)c(Cl)cn2)C1. The Morgan fingerprint density at radius 3 is 2.85 bits per heavy atom. The first kappa shape index (κ1) is 17.6. The molecule has 7 nitrogen and oxygen atoms in total. The van der Waals surface area contributed by atoms with E-state index in [1.165, 1.54) is 0 Å². The van der Waals surface area contributed by atoms with E-state index in [0.717, 1.165) is 28.2 Å². The number of carbonyl (C=O) groups is 1. The van der Waals surface area contributed by atoms with Gasteiger partial charge >= 0.3 is 6.03 Å². The van der Waals surface area contributed by atoms with Gasteiger partial charge in [0.15, 0.2) is 0 Å². The average Bonchev–Trinajstić information content (AvgIpc) is 2.96. The molecule has 2 amide bonds. The van der Waals surface area contributed by atoms with E-state index in [2.05, 4.69) is 20.5 Å². The molecule has 8 heteroatoms. The van der Waals surface area contributed by atoms with Crippen LogP contribution < -0.4 is 15.5 Å². The molecule has 0 atom stereocenters. The number of anilines is 1. The van der Waals surface area contributed by atoms with Gasteiger partial charge in [0.05, 0.1) is 22.1 Å². The lowest BCUT2D eigenvalue weighted by Gasteiger charge is -2.40. The lowest BCUT2D eigenvalue weighted by atomic mass is 10.1.